The number of aromatic nitrogens is 2. The van der Waals surface area contributed by atoms with Crippen LogP contribution < -0.4 is 0 Å². The molecular weight excluding hydrogens is 247 g/mol. The van der Waals surface area contributed by atoms with Crippen LogP contribution in [0.25, 0.3) is 5.69 Å². The van der Waals surface area contributed by atoms with Crippen LogP contribution in [0.2, 0.25) is 0 Å². The van der Waals surface area contributed by atoms with Crippen molar-refractivity contribution in [3.8, 4) is 11.8 Å². The van der Waals surface area contributed by atoms with Gasteiger partial charge in [0.05, 0.1) is 17.4 Å². The molecule has 0 fully saturated rings. The fourth-order valence-corrected chi connectivity index (χ4v) is 1.63. The topological polar surface area (TPSA) is 61.9 Å². The third-order valence-corrected chi connectivity index (χ3v) is 2.58. The SMILES string of the molecule is CN(C)C(=O)c1cnn(-c2ccc(F)cc2)c1C#N. The van der Waals surface area contributed by atoms with Crippen molar-refractivity contribution in [2.75, 3.05) is 14.1 Å². The molecule has 5 nitrogen and oxygen atoms in total. The van der Waals surface area contributed by atoms with Crippen LogP contribution >= 0.6 is 0 Å². The molecule has 6 heteroatoms. The van der Waals surface area contributed by atoms with Crippen LogP contribution in [0, 0.1) is 17.1 Å². The first kappa shape index (κ1) is 12.8. The predicted molar refractivity (Wildman–Crippen MR) is 66.3 cm³/mol. The molecule has 0 aliphatic rings. The average molecular weight is 258 g/mol. The number of nitriles is 1. The predicted octanol–water partition coefficient (Wildman–Crippen LogP) is 1.58. The van der Waals surface area contributed by atoms with E-state index in [-0.39, 0.29) is 23.0 Å². The van der Waals surface area contributed by atoms with Crippen LogP contribution in [0.15, 0.2) is 30.5 Å². The lowest BCUT2D eigenvalue weighted by Gasteiger charge is -2.08. The van der Waals surface area contributed by atoms with Gasteiger partial charge in [0.15, 0.2) is 5.69 Å². The highest BCUT2D eigenvalue weighted by molar-refractivity contribution is 5.95. The van der Waals surface area contributed by atoms with Gasteiger partial charge in [-0.25, -0.2) is 9.07 Å². The lowest BCUT2D eigenvalue weighted by Crippen LogP contribution is -2.22. The highest BCUT2D eigenvalue weighted by Crippen LogP contribution is 2.15. The summed E-state index contributed by atoms with van der Waals surface area (Å²) in [5, 5.41) is 13.2. The maximum Gasteiger partial charge on any atom is 0.257 e. The summed E-state index contributed by atoms with van der Waals surface area (Å²) in [6.45, 7) is 0. The summed E-state index contributed by atoms with van der Waals surface area (Å²) in [7, 11) is 3.19. The Kier molecular flexibility index (Phi) is 3.29. The van der Waals surface area contributed by atoms with Crippen molar-refractivity contribution in [1.29, 1.82) is 5.26 Å². The van der Waals surface area contributed by atoms with Gasteiger partial charge in [-0.2, -0.15) is 10.4 Å². The molecule has 0 radical (unpaired) electrons. The zero-order valence-electron chi connectivity index (χ0n) is 10.5. The van der Waals surface area contributed by atoms with Crippen LogP contribution in [0.4, 0.5) is 4.39 Å². The molecule has 0 atom stereocenters. The Bertz CT molecular complexity index is 652. The number of carbonyl (C=O) groups is 1. The lowest BCUT2D eigenvalue weighted by atomic mass is 10.2. The number of amides is 1. The van der Waals surface area contributed by atoms with Gasteiger partial charge in [0.2, 0.25) is 0 Å². The molecule has 0 aliphatic carbocycles. The first-order valence-corrected chi connectivity index (χ1v) is 5.50. The maximum absolute atomic E-state index is 12.9. The van der Waals surface area contributed by atoms with Gasteiger partial charge >= 0.3 is 0 Å². The highest BCUT2D eigenvalue weighted by atomic mass is 19.1. The van der Waals surface area contributed by atoms with E-state index >= 15 is 0 Å². The van der Waals surface area contributed by atoms with Crippen molar-refractivity contribution in [1.82, 2.24) is 14.7 Å². The lowest BCUT2D eigenvalue weighted by molar-refractivity contribution is 0.0827. The van der Waals surface area contributed by atoms with Crippen molar-refractivity contribution >= 4 is 5.91 Å². The second kappa shape index (κ2) is 4.90. The van der Waals surface area contributed by atoms with E-state index in [4.69, 9.17) is 0 Å². The minimum absolute atomic E-state index is 0.130. The zero-order chi connectivity index (χ0) is 14.0. The largest absolute Gasteiger partial charge is 0.345 e. The van der Waals surface area contributed by atoms with E-state index in [0.717, 1.165) is 0 Å². The molecule has 19 heavy (non-hydrogen) atoms. The monoisotopic (exact) mass is 258 g/mol. The van der Waals surface area contributed by atoms with E-state index in [1.165, 1.54) is 40.0 Å². The van der Waals surface area contributed by atoms with Crippen molar-refractivity contribution < 1.29 is 9.18 Å². The third kappa shape index (κ3) is 2.31. The molecule has 1 aromatic carbocycles. The van der Waals surface area contributed by atoms with Crippen molar-refractivity contribution in [3.63, 3.8) is 0 Å². The number of carbonyl (C=O) groups excluding carboxylic acids is 1. The number of nitrogens with zero attached hydrogens (tertiary/aromatic N) is 4. The van der Waals surface area contributed by atoms with E-state index in [0.29, 0.717) is 5.69 Å². The molecule has 1 heterocycles. The average Bonchev–Trinajstić information content (AvgIpc) is 2.82. The molecule has 0 bridgehead atoms. The fourth-order valence-electron chi connectivity index (χ4n) is 1.63. The molecule has 0 saturated carbocycles. The van der Waals surface area contributed by atoms with Crippen LogP contribution in [0.5, 0.6) is 0 Å². The van der Waals surface area contributed by atoms with E-state index in [1.807, 2.05) is 6.07 Å². The maximum atomic E-state index is 12.9. The Morgan fingerprint density at radius 2 is 2.00 bits per heavy atom. The van der Waals surface area contributed by atoms with Gasteiger partial charge < -0.3 is 4.90 Å². The Morgan fingerprint density at radius 1 is 1.37 bits per heavy atom. The van der Waals surface area contributed by atoms with Gasteiger partial charge in [0.1, 0.15) is 11.9 Å². The van der Waals surface area contributed by atoms with Crippen LogP contribution in [-0.2, 0) is 0 Å². The molecule has 0 unspecified atom stereocenters. The number of rotatable bonds is 2. The molecule has 2 aromatic rings. The number of halogens is 1. The summed E-state index contributed by atoms with van der Waals surface area (Å²) >= 11 is 0. The van der Waals surface area contributed by atoms with E-state index in [9.17, 15) is 14.4 Å². The van der Waals surface area contributed by atoms with E-state index in [1.54, 1.807) is 14.1 Å². The molecule has 1 aromatic heterocycles. The second-order valence-electron chi connectivity index (χ2n) is 4.11. The zero-order valence-corrected chi connectivity index (χ0v) is 10.5. The molecule has 0 spiro atoms. The van der Waals surface area contributed by atoms with Gasteiger partial charge in [-0.1, -0.05) is 0 Å². The summed E-state index contributed by atoms with van der Waals surface area (Å²) in [5.74, 6) is -0.677. The summed E-state index contributed by atoms with van der Waals surface area (Å²) in [5.41, 5.74) is 0.873. The number of hydrogen-bond donors (Lipinski definition) is 0. The second-order valence-corrected chi connectivity index (χ2v) is 4.11. The Balaban J connectivity index is 2.52. The first-order valence-electron chi connectivity index (χ1n) is 5.50. The van der Waals surface area contributed by atoms with Gasteiger partial charge in [-0.3, -0.25) is 4.79 Å². The third-order valence-electron chi connectivity index (χ3n) is 2.58. The quantitative estimate of drug-likeness (QED) is 0.821. The molecule has 1 amide bonds. The molecule has 0 aliphatic heterocycles. The Labute approximate surface area is 109 Å². The molecule has 2 rings (SSSR count). The molecule has 96 valence electrons. The highest BCUT2D eigenvalue weighted by Gasteiger charge is 2.19. The van der Waals surface area contributed by atoms with E-state index in [2.05, 4.69) is 5.10 Å². The summed E-state index contributed by atoms with van der Waals surface area (Å²) < 4.78 is 14.2. The van der Waals surface area contributed by atoms with Crippen LogP contribution in [0.1, 0.15) is 16.1 Å². The summed E-state index contributed by atoms with van der Waals surface area (Å²) in [4.78, 5) is 13.3. The van der Waals surface area contributed by atoms with Crippen LogP contribution in [-0.4, -0.2) is 34.7 Å². The van der Waals surface area contributed by atoms with Gasteiger partial charge in [-0.15, -0.1) is 0 Å². The van der Waals surface area contributed by atoms with Crippen molar-refractivity contribution in [2.45, 2.75) is 0 Å². The smallest absolute Gasteiger partial charge is 0.257 e. The minimum Gasteiger partial charge on any atom is -0.345 e. The number of hydrogen-bond acceptors (Lipinski definition) is 3. The summed E-state index contributed by atoms with van der Waals surface area (Å²) in [6, 6.07) is 7.48. The molecule has 0 N–H and O–H groups in total. The van der Waals surface area contributed by atoms with Crippen molar-refractivity contribution in [3.05, 3.63) is 47.5 Å². The fraction of sp³-hybridized carbons (Fsp3) is 0.154. The van der Waals surface area contributed by atoms with Gasteiger partial charge in [0, 0.05) is 14.1 Å². The normalized spacial score (nSPS) is 10.0. The number of benzene rings is 1. The molecular formula is C13H11FN4O. The van der Waals surface area contributed by atoms with Gasteiger partial charge in [-0.05, 0) is 24.3 Å². The first-order chi connectivity index (χ1) is 9.04. The van der Waals surface area contributed by atoms with Gasteiger partial charge in [0.25, 0.3) is 5.91 Å². The van der Waals surface area contributed by atoms with Crippen LogP contribution in [0.3, 0.4) is 0 Å². The standard InChI is InChI=1S/C13H11FN4O/c1-17(2)13(19)11-8-16-18(12(11)7-15)10-5-3-9(14)4-6-10/h3-6,8H,1-2H3. The minimum atomic E-state index is -0.376. The summed E-state index contributed by atoms with van der Waals surface area (Å²) in [6.07, 6.45) is 1.34. The Hall–Kier alpha value is -2.68. The molecule has 0 saturated heterocycles. The van der Waals surface area contributed by atoms with E-state index < -0.39 is 0 Å². The van der Waals surface area contributed by atoms with Crippen molar-refractivity contribution in [2.24, 2.45) is 0 Å². The Morgan fingerprint density at radius 3 is 2.53 bits per heavy atom.